The molecule has 3 aromatic rings. The van der Waals surface area contributed by atoms with Gasteiger partial charge in [0.1, 0.15) is 6.33 Å². The van der Waals surface area contributed by atoms with Gasteiger partial charge in [-0.15, -0.1) is 15.3 Å². The van der Waals surface area contributed by atoms with E-state index in [0.717, 1.165) is 43.5 Å². The quantitative estimate of drug-likeness (QED) is 0.615. The molecule has 1 amide bonds. The summed E-state index contributed by atoms with van der Waals surface area (Å²) < 4.78 is 1.54. The minimum atomic E-state index is 0.0159. The molecule has 2 fully saturated rings. The van der Waals surface area contributed by atoms with E-state index in [1.165, 1.54) is 32.0 Å². The predicted octanol–water partition coefficient (Wildman–Crippen LogP) is 1.80. The highest BCUT2D eigenvalue weighted by Crippen LogP contribution is 2.20. The second-order valence-corrected chi connectivity index (χ2v) is 8.23. The van der Waals surface area contributed by atoms with Gasteiger partial charge in [0.25, 0.3) is 5.91 Å². The van der Waals surface area contributed by atoms with Crippen molar-refractivity contribution in [2.45, 2.75) is 25.7 Å². The minimum absolute atomic E-state index is 0.0159. The van der Waals surface area contributed by atoms with Crippen molar-refractivity contribution in [1.82, 2.24) is 35.3 Å². The molecule has 1 aromatic carbocycles. The van der Waals surface area contributed by atoms with Crippen LogP contribution in [-0.4, -0.2) is 80.5 Å². The van der Waals surface area contributed by atoms with Crippen LogP contribution in [0.15, 0.2) is 42.7 Å². The number of hydrogen-bond acceptors (Lipinski definition) is 8. The Morgan fingerprint density at radius 3 is 2.09 bits per heavy atom. The fourth-order valence-corrected chi connectivity index (χ4v) is 4.34. The van der Waals surface area contributed by atoms with E-state index in [9.17, 15) is 4.79 Å². The lowest BCUT2D eigenvalue weighted by Gasteiger charge is -2.35. The Hall–Kier alpha value is -3.56. The third kappa shape index (κ3) is 4.39. The number of benzene rings is 1. The first-order chi connectivity index (χ1) is 15.8. The summed E-state index contributed by atoms with van der Waals surface area (Å²) in [4.78, 5) is 19.4. The molecular formula is C22H27N9O. The maximum atomic E-state index is 13.0. The predicted molar refractivity (Wildman–Crippen MR) is 120 cm³/mol. The van der Waals surface area contributed by atoms with Crippen molar-refractivity contribution < 1.29 is 4.79 Å². The normalized spacial score (nSPS) is 17.3. The molecule has 2 saturated heterocycles. The van der Waals surface area contributed by atoms with Crippen LogP contribution in [0.1, 0.15) is 36.0 Å². The monoisotopic (exact) mass is 433 g/mol. The van der Waals surface area contributed by atoms with Gasteiger partial charge in [-0.25, -0.2) is 4.68 Å². The maximum absolute atomic E-state index is 13.0. The summed E-state index contributed by atoms with van der Waals surface area (Å²) in [6.45, 7) is 4.87. The van der Waals surface area contributed by atoms with Crippen LogP contribution in [0.25, 0.3) is 5.69 Å². The van der Waals surface area contributed by atoms with Crippen LogP contribution in [0.4, 0.5) is 11.6 Å². The molecule has 0 N–H and O–H groups in total. The standard InChI is InChI=1S/C22H27N9O/c32-22(18-6-5-7-19(16-18)31-17-23-26-27-31)30-14-12-29(13-15-30)21-9-8-20(24-25-21)28-10-3-1-2-4-11-28/h5-9,16-17H,1-4,10-15H2. The maximum Gasteiger partial charge on any atom is 0.254 e. The number of amides is 1. The molecule has 10 heteroatoms. The van der Waals surface area contributed by atoms with Gasteiger partial charge < -0.3 is 14.7 Å². The van der Waals surface area contributed by atoms with Crippen molar-refractivity contribution in [3.63, 3.8) is 0 Å². The third-order valence-electron chi connectivity index (χ3n) is 6.16. The Morgan fingerprint density at radius 2 is 1.47 bits per heavy atom. The molecule has 0 unspecified atom stereocenters. The number of nitrogens with zero attached hydrogens (tertiary/aromatic N) is 9. The summed E-state index contributed by atoms with van der Waals surface area (Å²) in [6, 6.07) is 11.5. The fraction of sp³-hybridized carbons (Fsp3) is 0.455. The summed E-state index contributed by atoms with van der Waals surface area (Å²) in [5.74, 6) is 1.85. The minimum Gasteiger partial charge on any atom is -0.355 e. The van der Waals surface area contributed by atoms with Crippen molar-refractivity contribution in [2.24, 2.45) is 0 Å². The van der Waals surface area contributed by atoms with Gasteiger partial charge in [-0.2, -0.15) is 0 Å². The highest BCUT2D eigenvalue weighted by atomic mass is 16.2. The van der Waals surface area contributed by atoms with Gasteiger partial charge in [0.15, 0.2) is 11.6 Å². The number of anilines is 2. The molecule has 0 atom stereocenters. The fourth-order valence-electron chi connectivity index (χ4n) is 4.34. The molecule has 0 saturated carbocycles. The van der Waals surface area contributed by atoms with Crippen LogP contribution in [0.3, 0.4) is 0 Å². The van der Waals surface area contributed by atoms with Gasteiger partial charge in [0.05, 0.1) is 5.69 Å². The Kier molecular flexibility index (Phi) is 5.91. The van der Waals surface area contributed by atoms with Crippen LogP contribution in [0, 0.1) is 0 Å². The van der Waals surface area contributed by atoms with E-state index in [-0.39, 0.29) is 5.91 Å². The zero-order chi connectivity index (χ0) is 21.8. The van der Waals surface area contributed by atoms with Crippen molar-refractivity contribution in [2.75, 3.05) is 49.1 Å². The third-order valence-corrected chi connectivity index (χ3v) is 6.16. The Bertz CT molecular complexity index is 1020. The number of aromatic nitrogens is 6. The first kappa shape index (κ1) is 20.3. The van der Waals surface area contributed by atoms with Gasteiger partial charge in [-0.05, 0) is 53.6 Å². The Labute approximate surface area is 186 Å². The lowest BCUT2D eigenvalue weighted by atomic mass is 10.1. The van der Waals surface area contributed by atoms with Crippen molar-refractivity contribution in [3.05, 3.63) is 48.3 Å². The molecule has 2 aliphatic rings. The molecule has 0 aliphatic carbocycles. The van der Waals surface area contributed by atoms with Crippen LogP contribution in [0.5, 0.6) is 0 Å². The molecule has 166 valence electrons. The average molecular weight is 434 g/mol. The number of piperazine rings is 1. The number of hydrogen-bond donors (Lipinski definition) is 0. The number of rotatable bonds is 4. The largest absolute Gasteiger partial charge is 0.355 e. The SMILES string of the molecule is O=C(c1cccc(-n2cnnn2)c1)N1CCN(c2ccc(N3CCCCCC3)nn2)CC1. The Morgan fingerprint density at radius 1 is 0.781 bits per heavy atom. The second kappa shape index (κ2) is 9.29. The zero-order valence-corrected chi connectivity index (χ0v) is 18.0. The van der Waals surface area contributed by atoms with E-state index < -0.39 is 0 Å². The summed E-state index contributed by atoms with van der Waals surface area (Å²) in [5, 5.41) is 20.2. The first-order valence-corrected chi connectivity index (χ1v) is 11.2. The number of tetrazole rings is 1. The number of carbonyl (C=O) groups is 1. The first-order valence-electron chi connectivity index (χ1n) is 11.2. The van der Waals surface area contributed by atoms with Crippen LogP contribution in [-0.2, 0) is 0 Å². The van der Waals surface area contributed by atoms with Gasteiger partial charge >= 0.3 is 0 Å². The van der Waals surface area contributed by atoms with Crippen molar-refractivity contribution in [1.29, 1.82) is 0 Å². The van der Waals surface area contributed by atoms with E-state index in [4.69, 9.17) is 0 Å². The lowest BCUT2D eigenvalue weighted by Crippen LogP contribution is -2.49. The van der Waals surface area contributed by atoms with E-state index in [2.05, 4.69) is 47.7 Å². The van der Waals surface area contributed by atoms with Gasteiger partial charge in [-0.3, -0.25) is 4.79 Å². The lowest BCUT2D eigenvalue weighted by molar-refractivity contribution is 0.0746. The molecule has 0 radical (unpaired) electrons. The number of carbonyl (C=O) groups excluding carboxylic acids is 1. The van der Waals surface area contributed by atoms with Gasteiger partial charge in [0.2, 0.25) is 0 Å². The summed E-state index contributed by atoms with van der Waals surface area (Å²) in [7, 11) is 0. The average Bonchev–Trinajstić information content (AvgIpc) is 3.27. The van der Waals surface area contributed by atoms with Crippen LogP contribution >= 0.6 is 0 Å². The van der Waals surface area contributed by atoms with Crippen LogP contribution < -0.4 is 9.80 Å². The van der Waals surface area contributed by atoms with Crippen molar-refractivity contribution >= 4 is 17.5 Å². The van der Waals surface area contributed by atoms with Gasteiger partial charge in [-0.1, -0.05) is 18.9 Å². The smallest absolute Gasteiger partial charge is 0.254 e. The summed E-state index contributed by atoms with van der Waals surface area (Å²) in [6.07, 6.45) is 6.55. The molecule has 4 heterocycles. The molecule has 10 nitrogen and oxygen atoms in total. The molecular weight excluding hydrogens is 406 g/mol. The van der Waals surface area contributed by atoms with E-state index in [1.54, 1.807) is 4.68 Å². The zero-order valence-electron chi connectivity index (χ0n) is 18.0. The second-order valence-electron chi connectivity index (χ2n) is 8.23. The molecule has 2 aromatic heterocycles. The molecule has 32 heavy (non-hydrogen) atoms. The molecule has 0 spiro atoms. The van der Waals surface area contributed by atoms with E-state index in [1.807, 2.05) is 29.2 Å². The van der Waals surface area contributed by atoms with Crippen molar-refractivity contribution in [3.8, 4) is 5.69 Å². The van der Waals surface area contributed by atoms with Gasteiger partial charge in [0, 0.05) is 44.8 Å². The van der Waals surface area contributed by atoms with E-state index in [0.29, 0.717) is 18.7 Å². The molecule has 2 aliphatic heterocycles. The highest BCUT2D eigenvalue weighted by molar-refractivity contribution is 5.95. The molecule has 5 rings (SSSR count). The Balaban J connectivity index is 1.20. The molecule has 0 bridgehead atoms. The topological polar surface area (TPSA) is 96.2 Å². The summed E-state index contributed by atoms with van der Waals surface area (Å²) >= 11 is 0. The highest BCUT2D eigenvalue weighted by Gasteiger charge is 2.23. The van der Waals surface area contributed by atoms with Crippen LogP contribution in [0.2, 0.25) is 0 Å². The summed E-state index contributed by atoms with van der Waals surface area (Å²) in [5.41, 5.74) is 1.40. The van der Waals surface area contributed by atoms with E-state index >= 15 is 0 Å².